The Morgan fingerprint density at radius 3 is 2.29 bits per heavy atom. The third-order valence-electron chi connectivity index (χ3n) is 6.52. The number of nitrogens with one attached hydrogen (secondary N) is 1. The number of nitriles is 1. The minimum Gasteiger partial charge on any atom is -0.444 e. The lowest BCUT2D eigenvalue weighted by Crippen LogP contribution is -2.47. The molecule has 2 heterocycles. The fourth-order valence-corrected chi connectivity index (χ4v) is 4.55. The number of piperidine rings is 1. The first-order valence-corrected chi connectivity index (χ1v) is 13.1. The highest BCUT2D eigenvalue weighted by molar-refractivity contribution is 5.69. The number of amides is 1. The Labute approximate surface area is 223 Å². The number of benzene rings is 1. The molecular weight excluding hydrogens is 485 g/mol. The summed E-state index contributed by atoms with van der Waals surface area (Å²) in [6.45, 7) is 6.49. The first kappa shape index (κ1) is 28.7. The van der Waals surface area contributed by atoms with Gasteiger partial charge >= 0.3 is 6.09 Å². The van der Waals surface area contributed by atoms with E-state index in [-0.39, 0.29) is 22.9 Å². The fraction of sp³-hybridized carbons (Fsp3) is 0.517. The smallest absolute Gasteiger partial charge is 0.407 e. The van der Waals surface area contributed by atoms with Crippen LogP contribution >= 0.6 is 0 Å². The van der Waals surface area contributed by atoms with Gasteiger partial charge in [0.25, 0.3) is 5.56 Å². The van der Waals surface area contributed by atoms with E-state index >= 15 is 0 Å². The summed E-state index contributed by atoms with van der Waals surface area (Å²) in [7, 11) is 1.58. The van der Waals surface area contributed by atoms with Crippen LogP contribution in [0.1, 0.15) is 76.8 Å². The van der Waals surface area contributed by atoms with Crippen LogP contribution in [0.25, 0.3) is 11.3 Å². The Morgan fingerprint density at radius 2 is 1.79 bits per heavy atom. The molecule has 1 N–H and O–H groups in total. The summed E-state index contributed by atoms with van der Waals surface area (Å²) in [5.74, 6) is 2.05. The third-order valence-corrected chi connectivity index (χ3v) is 6.52. The average molecular weight is 522 g/mol. The van der Waals surface area contributed by atoms with Gasteiger partial charge in [-0.15, -0.1) is 6.42 Å². The molecule has 2 aliphatic rings. The molecule has 202 valence electrons. The summed E-state index contributed by atoms with van der Waals surface area (Å²) in [6, 6.07) is 5.71. The van der Waals surface area contributed by atoms with Crippen molar-refractivity contribution >= 4 is 12.0 Å². The highest BCUT2D eigenvalue weighted by atomic mass is 19.1. The van der Waals surface area contributed by atoms with Crippen LogP contribution < -0.4 is 15.8 Å². The van der Waals surface area contributed by atoms with Gasteiger partial charge in [-0.2, -0.15) is 5.26 Å². The predicted molar refractivity (Wildman–Crippen MR) is 145 cm³/mol. The number of hydrogen-bond acceptors (Lipinski definition) is 6. The topological polar surface area (TPSA) is 100 Å². The number of hydrogen-bond donors (Lipinski definition) is 1. The second-order valence-corrected chi connectivity index (χ2v) is 10.6. The lowest BCUT2D eigenvalue weighted by Gasteiger charge is -2.34. The molecule has 1 aliphatic carbocycles. The van der Waals surface area contributed by atoms with Crippen molar-refractivity contribution in [2.75, 3.05) is 18.0 Å². The molecule has 1 saturated heterocycles. The molecule has 2 fully saturated rings. The van der Waals surface area contributed by atoms with E-state index in [0.29, 0.717) is 37.4 Å². The zero-order valence-electron chi connectivity index (χ0n) is 22.6. The van der Waals surface area contributed by atoms with Gasteiger partial charge in [0.05, 0.1) is 11.3 Å². The van der Waals surface area contributed by atoms with Crippen molar-refractivity contribution in [3.63, 3.8) is 0 Å². The molecule has 4 rings (SSSR count). The molecule has 0 spiro atoms. The van der Waals surface area contributed by atoms with Gasteiger partial charge in [0.15, 0.2) is 0 Å². The largest absolute Gasteiger partial charge is 0.444 e. The van der Waals surface area contributed by atoms with E-state index < -0.39 is 23.1 Å². The lowest BCUT2D eigenvalue weighted by molar-refractivity contribution is 0.0497. The molecule has 1 aromatic heterocycles. The number of carbonyl (C=O) groups excluding carboxylic acids is 1. The van der Waals surface area contributed by atoms with Crippen molar-refractivity contribution in [3.8, 4) is 29.7 Å². The number of aromatic nitrogens is 2. The summed E-state index contributed by atoms with van der Waals surface area (Å²) in [6.07, 6.45) is 13.9. The predicted octanol–water partition coefficient (Wildman–Crippen LogP) is 4.88. The quantitative estimate of drug-likeness (QED) is 0.578. The van der Waals surface area contributed by atoms with Gasteiger partial charge in [-0.3, -0.25) is 9.36 Å². The normalized spacial score (nSPS) is 15.6. The maximum atomic E-state index is 14.2. The zero-order valence-corrected chi connectivity index (χ0v) is 22.6. The summed E-state index contributed by atoms with van der Waals surface area (Å²) < 4.78 is 20.9. The van der Waals surface area contributed by atoms with E-state index in [1.54, 1.807) is 33.9 Å². The van der Waals surface area contributed by atoms with Gasteiger partial charge in [-0.05, 0) is 45.7 Å². The molecule has 9 heteroatoms. The molecular formula is C29H36FN5O3. The lowest BCUT2D eigenvalue weighted by atomic mass is 10.0. The standard InChI is InChI=1S/C24H26FN5O3.C5H10/c1-6-18-20(15-7-8-16(14-26)19(25)13-15)28-22(29(5)21(18)31)30-11-9-17(10-12-30)27-23(32)33-24(2,3)4;1-2-4-5-3-1/h1,7-8,13,17H,9-12H2,2-5H3,(H,27,32);1-5H2. The highest BCUT2D eigenvalue weighted by Gasteiger charge is 2.26. The Bertz CT molecular complexity index is 1280. The summed E-state index contributed by atoms with van der Waals surface area (Å²) in [5.41, 5.74) is -0.576. The van der Waals surface area contributed by atoms with Crippen molar-refractivity contribution in [2.24, 2.45) is 7.05 Å². The molecule has 1 amide bonds. The van der Waals surface area contributed by atoms with Crippen LogP contribution in [0.15, 0.2) is 23.0 Å². The maximum Gasteiger partial charge on any atom is 0.407 e. The summed E-state index contributed by atoms with van der Waals surface area (Å²) >= 11 is 0. The van der Waals surface area contributed by atoms with Crippen LogP contribution in [0.4, 0.5) is 15.1 Å². The monoisotopic (exact) mass is 521 g/mol. The van der Waals surface area contributed by atoms with Gasteiger partial charge in [0, 0.05) is 31.7 Å². The van der Waals surface area contributed by atoms with E-state index in [2.05, 4.69) is 16.2 Å². The maximum absolute atomic E-state index is 14.2. The van der Waals surface area contributed by atoms with Gasteiger partial charge < -0.3 is 15.0 Å². The molecule has 38 heavy (non-hydrogen) atoms. The molecule has 0 radical (unpaired) electrons. The summed E-state index contributed by atoms with van der Waals surface area (Å²) in [5, 5.41) is 11.8. The Balaban J connectivity index is 0.000000715. The molecule has 2 aromatic rings. The molecule has 0 unspecified atom stereocenters. The van der Waals surface area contributed by atoms with Crippen molar-refractivity contribution in [1.29, 1.82) is 5.26 Å². The van der Waals surface area contributed by atoms with Crippen LogP contribution in [0.2, 0.25) is 0 Å². The van der Waals surface area contributed by atoms with Crippen LogP contribution in [0.3, 0.4) is 0 Å². The first-order chi connectivity index (χ1) is 18.0. The van der Waals surface area contributed by atoms with E-state index in [9.17, 15) is 14.0 Å². The number of alkyl carbamates (subject to hydrolysis) is 1. The average Bonchev–Trinajstić information content (AvgIpc) is 3.45. The molecule has 1 aliphatic heterocycles. The van der Waals surface area contributed by atoms with Crippen LogP contribution in [0.5, 0.6) is 0 Å². The van der Waals surface area contributed by atoms with Gasteiger partial charge in [0.1, 0.15) is 23.1 Å². The van der Waals surface area contributed by atoms with Crippen molar-refractivity contribution in [3.05, 3.63) is 45.5 Å². The second-order valence-electron chi connectivity index (χ2n) is 10.6. The third kappa shape index (κ3) is 7.35. The number of halogens is 1. The van der Waals surface area contributed by atoms with Crippen LogP contribution in [-0.4, -0.2) is 40.4 Å². The number of terminal acetylenes is 1. The van der Waals surface area contributed by atoms with Crippen molar-refractivity contribution in [2.45, 2.75) is 77.4 Å². The highest BCUT2D eigenvalue weighted by Crippen LogP contribution is 2.26. The minimum atomic E-state index is -0.712. The van der Waals surface area contributed by atoms with E-state index in [0.717, 1.165) is 6.07 Å². The minimum absolute atomic E-state index is 0.0202. The van der Waals surface area contributed by atoms with Gasteiger partial charge in [-0.25, -0.2) is 14.2 Å². The molecule has 1 aromatic carbocycles. The first-order valence-electron chi connectivity index (χ1n) is 13.1. The molecule has 0 atom stereocenters. The number of carbonyl (C=O) groups is 1. The van der Waals surface area contributed by atoms with E-state index in [1.807, 2.05) is 4.90 Å². The van der Waals surface area contributed by atoms with Crippen LogP contribution in [-0.2, 0) is 11.8 Å². The van der Waals surface area contributed by atoms with Crippen molar-refractivity contribution in [1.82, 2.24) is 14.9 Å². The number of rotatable bonds is 3. The molecule has 1 saturated carbocycles. The fourth-order valence-electron chi connectivity index (χ4n) is 4.55. The SMILES string of the molecule is C#Cc1c(-c2ccc(C#N)c(F)c2)nc(N2CCC(NC(=O)OC(C)(C)C)CC2)n(C)c1=O.C1CCCC1. The molecule has 8 nitrogen and oxygen atoms in total. The Hall–Kier alpha value is -3.85. The van der Waals surface area contributed by atoms with E-state index in [4.69, 9.17) is 16.4 Å². The number of nitrogens with zero attached hydrogens (tertiary/aromatic N) is 4. The van der Waals surface area contributed by atoms with Gasteiger partial charge in [0.2, 0.25) is 5.95 Å². The zero-order chi connectivity index (χ0) is 27.9. The number of ether oxygens (including phenoxy) is 1. The number of anilines is 1. The van der Waals surface area contributed by atoms with Crippen LogP contribution in [0, 0.1) is 29.5 Å². The Morgan fingerprint density at radius 1 is 1.18 bits per heavy atom. The van der Waals surface area contributed by atoms with Crippen molar-refractivity contribution < 1.29 is 13.9 Å². The Kier molecular flexibility index (Phi) is 9.52. The molecule has 0 bridgehead atoms. The second kappa shape index (κ2) is 12.6. The summed E-state index contributed by atoms with van der Waals surface area (Å²) in [4.78, 5) is 31.5. The van der Waals surface area contributed by atoms with E-state index in [1.165, 1.54) is 48.8 Å². The van der Waals surface area contributed by atoms with Gasteiger partial charge in [-0.1, -0.05) is 44.1 Å².